The zero-order valence-corrected chi connectivity index (χ0v) is 11.8. The van der Waals surface area contributed by atoms with Crippen LogP contribution in [-0.2, 0) is 0 Å². The molecule has 1 unspecified atom stereocenters. The van der Waals surface area contributed by atoms with Gasteiger partial charge in [-0.25, -0.2) is 0 Å². The first kappa shape index (κ1) is 16.0. The van der Waals surface area contributed by atoms with Crippen molar-refractivity contribution in [1.29, 1.82) is 0 Å². The zero-order valence-electron chi connectivity index (χ0n) is 9.40. The number of thioether (sulfide) groups is 1. The van der Waals surface area contributed by atoms with Crippen LogP contribution in [0, 0.1) is 10.1 Å². The minimum absolute atomic E-state index is 0.269. The topological polar surface area (TPSA) is 60.2 Å². The zero-order chi connectivity index (χ0) is 14.8. The molecule has 0 spiro atoms. The van der Waals surface area contributed by atoms with E-state index in [0.717, 1.165) is 18.2 Å². The molecule has 0 amide bonds. The average Bonchev–Trinajstić information content (AvgIpc) is 2.25. The quantitative estimate of drug-likeness (QED) is 0.266. The largest absolute Gasteiger partial charge is 0.446 e. The number of nitro groups is 1. The number of ketones is 1. The Morgan fingerprint density at radius 2 is 2.05 bits per heavy atom. The van der Waals surface area contributed by atoms with Gasteiger partial charge in [-0.2, -0.15) is 13.2 Å². The fraction of sp³-hybridized carbons (Fsp3) is 0.300. The molecule has 4 nitrogen and oxygen atoms in total. The second kappa shape index (κ2) is 5.91. The lowest BCUT2D eigenvalue weighted by Gasteiger charge is -2.08. The smallest absolute Gasteiger partial charge is 0.293 e. The van der Waals surface area contributed by atoms with Crippen molar-refractivity contribution in [2.75, 3.05) is 0 Å². The number of carbonyl (C=O) groups excluding carboxylic acids is 1. The predicted octanol–water partition coefficient (Wildman–Crippen LogP) is 4.17. The van der Waals surface area contributed by atoms with Crippen LogP contribution >= 0.6 is 27.7 Å². The minimum Gasteiger partial charge on any atom is -0.293 e. The summed E-state index contributed by atoms with van der Waals surface area (Å²) in [5.41, 5.74) is -5.37. The number of rotatable bonds is 4. The van der Waals surface area contributed by atoms with E-state index >= 15 is 0 Å². The van der Waals surface area contributed by atoms with Gasteiger partial charge in [-0.1, -0.05) is 15.9 Å². The average molecular weight is 358 g/mol. The summed E-state index contributed by atoms with van der Waals surface area (Å²) >= 11 is 2.52. The summed E-state index contributed by atoms with van der Waals surface area (Å²) < 4.78 is 36.7. The number of carbonyl (C=O) groups is 1. The maximum Gasteiger partial charge on any atom is 0.446 e. The van der Waals surface area contributed by atoms with Gasteiger partial charge in [0.15, 0.2) is 5.78 Å². The summed E-state index contributed by atoms with van der Waals surface area (Å²) in [6.07, 6.45) is 0. The molecule has 0 aliphatic heterocycles. The first-order chi connectivity index (χ1) is 8.61. The van der Waals surface area contributed by atoms with Crippen molar-refractivity contribution >= 4 is 39.2 Å². The van der Waals surface area contributed by atoms with Crippen LogP contribution in [0.5, 0.6) is 0 Å². The number of nitrogens with zero attached hydrogens (tertiary/aromatic N) is 1. The Hall–Kier alpha value is -1.09. The molecule has 0 aromatic heterocycles. The third-order valence-electron chi connectivity index (χ3n) is 2.03. The van der Waals surface area contributed by atoms with Crippen molar-refractivity contribution < 1.29 is 22.9 Å². The Bertz CT molecular complexity index is 519. The van der Waals surface area contributed by atoms with Crippen LogP contribution in [0.3, 0.4) is 0 Å². The molecule has 0 N–H and O–H groups in total. The van der Waals surface area contributed by atoms with Gasteiger partial charge in [0, 0.05) is 11.0 Å². The summed E-state index contributed by atoms with van der Waals surface area (Å²) in [7, 11) is 0. The molecule has 0 aliphatic rings. The molecule has 1 atom stereocenters. The molecule has 19 heavy (non-hydrogen) atoms. The molecular formula is C10H7BrF3NO3S. The Morgan fingerprint density at radius 3 is 2.47 bits per heavy atom. The Balaban J connectivity index is 3.26. The van der Waals surface area contributed by atoms with Crippen molar-refractivity contribution in [2.24, 2.45) is 0 Å². The van der Waals surface area contributed by atoms with Gasteiger partial charge in [0.05, 0.1) is 15.3 Å². The van der Waals surface area contributed by atoms with Crippen molar-refractivity contribution in [1.82, 2.24) is 0 Å². The van der Waals surface area contributed by atoms with Gasteiger partial charge in [0.1, 0.15) is 0 Å². The molecule has 0 saturated carbocycles. The van der Waals surface area contributed by atoms with Gasteiger partial charge >= 0.3 is 5.51 Å². The highest BCUT2D eigenvalue weighted by Crippen LogP contribution is 2.38. The first-order valence-corrected chi connectivity index (χ1v) is 6.57. The Morgan fingerprint density at radius 1 is 1.47 bits per heavy atom. The Labute approximate surface area is 118 Å². The Kier molecular flexibility index (Phi) is 4.97. The molecule has 0 saturated heterocycles. The maximum absolute atomic E-state index is 12.2. The van der Waals surface area contributed by atoms with Gasteiger partial charge in [0.2, 0.25) is 0 Å². The van der Waals surface area contributed by atoms with Crippen molar-refractivity contribution in [2.45, 2.75) is 22.2 Å². The summed E-state index contributed by atoms with van der Waals surface area (Å²) in [5.74, 6) is -0.642. The molecule has 1 rings (SSSR count). The van der Waals surface area contributed by atoms with E-state index in [9.17, 15) is 28.1 Å². The van der Waals surface area contributed by atoms with Gasteiger partial charge < -0.3 is 0 Å². The van der Waals surface area contributed by atoms with Gasteiger partial charge in [-0.3, -0.25) is 14.9 Å². The highest BCUT2D eigenvalue weighted by Gasteiger charge is 2.31. The standard InChI is InChI=1S/C10H7BrF3NO3S/c1-5(11)9(16)7-4-6(19-10(12,13)14)2-3-8(7)15(17)18/h2-5H,1H3. The number of alkyl halides is 4. The molecule has 1 aromatic carbocycles. The normalized spacial score (nSPS) is 13.1. The number of nitro benzene ring substituents is 1. The molecule has 0 bridgehead atoms. The highest BCUT2D eigenvalue weighted by atomic mass is 79.9. The van der Waals surface area contributed by atoms with Crippen LogP contribution in [0.4, 0.5) is 18.9 Å². The number of benzene rings is 1. The monoisotopic (exact) mass is 357 g/mol. The van der Waals surface area contributed by atoms with Crippen molar-refractivity contribution in [3.63, 3.8) is 0 Å². The SMILES string of the molecule is CC(Br)C(=O)c1cc(SC(F)(F)F)ccc1[N+](=O)[O-]. The number of hydrogen-bond donors (Lipinski definition) is 0. The predicted molar refractivity (Wildman–Crippen MR) is 67.7 cm³/mol. The lowest BCUT2D eigenvalue weighted by atomic mass is 10.1. The van der Waals surface area contributed by atoms with Crippen LogP contribution in [0.15, 0.2) is 23.1 Å². The second-order valence-corrected chi connectivity index (χ2v) is 5.98. The molecule has 1 aromatic rings. The van der Waals surface area contributed by atoms with E-state index in [0.29, 0.717) is 0 Å². The van der Waals surface area contributed by atoms with E-state index in [-0.39, 0.29) is 10.5 Å². The fourth-order valence-corrected chi connectivity index (χ4v) is 2.11. The minimum atomic E-state index is -4.52. The van der Waals surface area contributed by atoms with Crippen molar-refractivity contribution in [3.8, 4) is 0 Å². The second-order valence-electron chi connectivity index (χ2n) is 3.46. The van der Waals surface area contributed by atoms with E-state index in [2.05, 4.69) is 15.9 Å². The first-order valence-electron chi connectivity index (χ1n) is 4.84. The van der Waals surface area contributed by atoms with Crippen LogP contribution in [0.1, 0.15) is 17.3 Å². The van der Waals surface area contributed by atoms with E-state index in [1.807, 2.05) is 0 Å². The lowest BCUT2D eigenvalue weighted by Crippen LogP contribution is -2.12. The molecule has 0 heterocycles. The summed E-state index contributed by atoms with van der Waals surface area (Å²) in [5, 5.41) is 10.8. The molecule has 0 fully saturated rings. The summed E-state index contributed by atoms with van der Waals surface area (Å²) in [6, 6.07) is 2.75. The number of hydrogen-bond acceptors (Lipinski definition) is 4. The fourth-order valence-electron chi connectivity index (χ4n) is 1.28. The van der Waals surface area contributed by atoms with E-state index < -0.39 is 38.5 Å². The maximum atomic E-state index is 12.2. The van der Waals surface area contributed by atoms with E-state index in [4.69, 9.17) is 0 Å². The molecule has 104 valence electrons. The molecule has 0 aliphatic carbocycles. The number of Topliss-reactive ketones (excluding diaryl/α,β-unsaturated/α-hetero) is 1. The van der Waals surface area contributed by atoms with Crippen molar-refractivity contribution in [3.05, 3.63) is 33.9 Å². The van der Waals surface area contributed by atoms with Crippen LogP contribution < -0.4 is 0 Å². The van der Waals surface area contributed by atoms with Gasteiger partial charge in [-0.05, 0) is 30.8 Å². The highest BCUT2D eigenvalue weighted by molar-refractivity contribution is 9.10. The molecule has 0 radical (unpaired) electrons. The molecular weight excluding hydrogens is 351 g/mol. The van der Waals surface area contributed by atoms with Crippen LogP contribution in [0.25, 0.3) is 0 Å². The lowest BCUT2D eigenvalue weighted by molar-refractivity contribution is -0.385. The van der Waals surface area contributed by atoms with E-state index in [1.54, 1.807) is 0 Å². The van der Waals surface area contributed by atoms with Crippen LogP contribution in [0.2, 0.25) is 0 Å². The summed E-state index contributed by atoms with van der Waals surface area (Å²) in [6.45, 7) is 1.44. The third kappa shape index (κ3) is 4.50. The number of halogens is 4. The molecule has 9 heteroatoms. The summed E-state index contributed by atoms with van der Waals surface area (Å²) in [4.78, 5) is 20.7. The third-order valence-corrected chi connectivity index (χ3v) is 3.16. The van der Waals surface area contributed by atoms with E-state index in [1.165, 1.54) is 6.92 Å². The van der Waals surface area contributed by atoms with Gasteiger partial charge in [-0.15, -0.1) is 0 Å². The van der Waals surface area contributed by atoms with Crippen LogP contribution in [-0.4, -0.2) is 21.0 Å². The van der Waals surface area contributed by atoms with Gasteiger partial charge in [0.25, 0.3) is 5.69 Å².